The minimum absolute atomic E-state index is 0.0100. The molecule has 1 atom stereocenters. The molecule has 0 aromatic heterocycles. The summed E-state index contributed by atoms with van der Waals surface area (Å²) in [4.78, 5) is 10.8. The molecular weight excluding hydrogens is 250 g/mol. The Balaban J connectivity index is 2.79. The van der Waals surface area contributed by atoms with Gasteiger partial charge in [-0.1, -0.05) is 18.5 Å². The van der Waals surface area contributed by atoms with Crippen LogP contribution in [-0.4, -0.2) is 21.9 Å². The van der Waals surface area contributed by atoms with Crippen molar-refractivity contribution in [3.63, 3.8) is 0 Å². The second-order valence-electron chi connectivity index (χ2n) is 3.31. The predicted molar refractivity (Wildman–Crippen MR) is 65.1 cm³/mol. The minimum Gasteiger partial charge on any atom is -0.396 e. The third kappa shape index (κ3) is 3.66. The van der Waals surface area contributed by atoms with Crippen LogP contribution < -0.4 is 0 Å². The second kappa shape index (κ2) is 6.08. The molecule has 1 N–H and O–H groups in total. The minimum atomic E-state index is -0.475. The largest absolute Gasteiger partial charge is 0.396 e. The number of nitro benzene ring substituents is 1. The molecule has 0 aliphatic rings. The van der Waals surface area contributed by atoms with Gasteiger partial charge in [0, 0.05) is 28.9 Å². The fraction of sp³-hybridized carbons (Fsp3) is 0.400. The van der Waals surface area contributed by atoms with E-state index in [-0.39, 0.29) is 17.5 Å². The lowest BCUT2D eigenvalue weighted by molar-refractivity contribution is -0.384. The van der Waals surface area contributed by atoms with Gasteiger partial charge < -0.3 is 5.11 Å². The monoisotopic (exact) mass is 261 g/mol. The fourth-order valence-corrected chi connectivity index (χ4v) is 2.44. The molecule has 6 heteroatoms. The fourth-order valence-electron chi connectivity index (χ4n) is 1.16. The molecule has 0 radical (unpaired) electrons. The number of aliphatic hydroxyl groups excluding tert-OH is 1. The molecule has 1 aromatic rings. The molecule has 0 heterocycles. The normalized spacial score (nSPS) is 12.4. The standard InChI is InChI=1S/C10H12ClNO3S/c1-7(4-5-13)16-10-3-2-8(12(14)15)6-9(10)11/h2-3,6-7,13H,4-5H2,1H3. The van der Waals surface area contributed by atoms with Gasteiger partial charge in [-0.15, -0.1) is 11.8 Å². The molecule has 0 saturated carbocycles. The number of aliphatic hydroxyl groups is 1. The smallest absolute Gasteiger partial charge is 0.270 e. The first-order chi connectivity index (χ1) is 7.54. The highest BCUT2D eigenvalue weighted by molar-refractivity contribution is 8.00. The molecule has 0 aliphatic carbocycles. The van der Waals surface area contributed by atoms with E-state index in [0.717, 1.165) is 4.90 Å². The first-order valence-electron chi connectivity index (χ1n) is 4.76. The Morgan fingerprint density at radius 1 is 1.62 bits per heavy atom. The molecule has 16 heavy (non-hydrogen) atoms. The van der Waals surface area contributed by atoms with E-state index in [1.807, 2.05) is 6.92 Å². The van der Waals surface area contributed by atoms with Crippen molar-refractivity contribution in [3.05, 3.63) is 33.3 Å². The highest BCUT2D eigenvalue weighted by Crippen LogP contribution is 2.33. The lowest BCUT2D eigenvalue weighted by Crippen LogP contribution is -1.99. The van der Waals surface area contributed by atoms with Gasteiger partial charge in [-0.2, -0.15) is 0 Å². The summed E-state index contributed by atoms with van der Waals surface area (Å²) in [7, 11) is 0. The Labute approximate surface area is 103 Å². The lowest BCUT2D eigenvalue weighted by Gasteiger charge is -2.10. The molecule has 1 unspecified atom stereocenters. The zero-order valence-electron chi connectivity index (χ0n) is 8.72. The van der Waals surface area contributed by atoms with Crippen LogP contribution in [0.25, 0.3) is 0 Å². The van der Waals surface area contributed by atoms with Crippen LogP contribution in [0.1, 0.15) is 13.3 Å². The van der Waals surface area contributed by atoms with Crippen LogP contribution >= 0.6 is 23.4 Å². The third-order valence-corrected chi connectivity index (χ3v) is 3.66. The van der Waals surface area contributed by atoms with E-state index in [0.29, 0.717) is 11.4 Å². The van der Waals surface area contributed by atoms with Crippen LogP contribution in [0, 0.1) is 10.1 Å². The van der Waals surface area contributed by atoms with Gasteiger partial charge in [0.15, 0.2) is 0 Å². The van der Waals surface area contributed by atoms with E-state index < -0.39 is 4.92 Å². The number of nitrogens with zero attached hydrogens (tertiary/aromatic N) is 1. The van der Waals surface area contributed by atoms with E-state index in [2.05, 4.69) is 0 Å². The second-order valence-corrected chi connectivity index (χ2v) is 5.20. The highest BCUT2D eigenvalue weighted by atomic mass is 35.5. The lowest BCUT2D eigenvalue weighted by atomic mass is 10.3. The molecule has 88 valence electrons. The summed E-state index contributed by atoms with van der Waals surface area (Å²) < 4.78 is 0. The van der Waals surface area contributed by atoms with E-state index in [9.17, 15) is 10.1 Å². The summed E-state index contributed by atoms with van der Waals surface area (Å²) in [5, 5.41) is 19.9. The summed E-state index contributed by atoms with van der Waals surface area (Å²) >= 11 is 7.43. The molecular formula is C10H12ClNO3S. The van der Waals surface area contributed by atoms with Crippen molar-refractivity contribution >= 4 is 29.1 Å². The maximum absolute atomic E-state index is 10.5. The topological polar surface area (TPSA) is 63.4 Å². The average molecular weight is 262 g/mol. The number of thioether (sulfide) groups is 1. The number of hydrogen-bond donors (Lipinski definition) is 1. The van der Waals surface area contributed by atoms with Crippen LogP contribution in [0.5, 0.6) is 0 Å². The summed E-state index contributed by atoms with van der Waals surface area (Å²) in [5.41, 5.74) is -0.0100. The van der Waals surface area contributed by atoms with Crippen molar-refractivity contribution in [2.45, 2.75) is 23.5 Å². The number of halogens is 1. The molecule has 0 amide bonds. The Morgan fingerprint density at radius 3 is 2.81 bits per heavy atom. The van der Waals surface area contributed by atoms with Crippen LogP contribution in [0.15, 0.2) is 23.1 Å². The zero-order valence-corrected chi connectivity index (χ0v) is 10.3. The average Bonchev–Trinajstić information content (AvgIpc) is 2.21. The number of rotatable bonds is 5. The van der Waals surface area contributed by atoms with Crippen molar-refractivity contribution in [3.8, 4) is 0 Å². The molecule has 0 saturated heterocycles. The van der Waals surface area contributed by atoms with Crippen molar-refractivity contribution in [2.24, 2.45) is 0 Å². The van der Waals surface area contributed by atoms with Crippen molar-refractivity contribution in [1.82, 2.24) is 0 Å². The van der Waals surface area contributed by atoms with Crippen molar-refractivity contribution in [2.75, 3.05) is 6.61 Å². The van der Waals surface area contributed by atoms with Crippen molar-refractivity contribution in [1.29, 1.82) is 0 Å². The predicted octanol–water partition coefficient (Wildman–Crippen LogP) is 3.11. The summed E-state index contributed by atoms with van der Waals surface area (Å²) in [5.74, 6) is 0. The number of nitro groups is 1. The number of non-ortho nitro benzene ring substituents is 1. The van der Waals surface area contributed by atoms with Gasteiger partial charge in [0.1, 0.15) is 0 Å². The summed E-state index contributed by atoms with van der Waals surface area (Å²) in [6, 6.07) is 4.41. The van der Waals surface area contributed by atoms with Gasteiger partial charge >= 0.3 is 0 Å². The van der Waals surface area contributed by atoms with Gasteiger partial charge in [-0.25, -0.2) is 0 Å². The SMILES string of the molecule is CC(CCO)Sc1ccc([N+](=O)[O-])cc1Cl. The van der Waals surface area contributed by atoms with E-state index in [1.54, 1.807) is 6.07 Å². The summed E-state index contributed by atoms with van der Waals surface area (Å²) in [6.07, 6.45) is 0.665. The molecule has 0 fully saturated rings. The van der Waals surface area contributed by atoms with Gasteiger partial charge in [0.2, 0.25) is 0 Å². The first-order valence-corrected chi connectivity index (χ1v) is 6.02. The Morgan fingerprint density at radius 2 is 2.31 bits per heavy atom. The quantitative estimate of drug-likeness (QED) is 0.503. The van der Waals surface area contributed by atoms with Gasteiger partial charge in [-0.05, 0) is 12.5 Å². The van der Waals surface area contributed by atoms with Gasteiger partial charge in [0.25, 0.3) is 5.69 Å². The third-order valence-electron chi connectivity index (χ3n) is 1.99. The maximum Gasteiger partial charge on any atom is 0.270 e. The van der Waals surface area contributed by atoms with Gasteiger partial charge in [0.05, 0.1) is 9.95 Å². The van der Waals surface area contributed by atoms with Crippen LogP contribution in [-0.2, 0) is 0 Å². The maximum atomic E-state index is 10.5. The molecule has 1 rings (SSSR count). The molecule has 0 aliphatic heterocycles. The number of hydrogen-bond acceptors (Lipinski definition) is 4. The molecule has 4 nitrogen and oxygen atoms in total. The van der Waals surface area contributed by atoms with E-state index in [1.165, 1.54) is 23.9 Å². The van der Waals surface area contributed by atoms with Crippen LogP contribution in [0.4, 0.5) is 5.69 Å². The van der Waals surface area contributed by atoms with E-state index >= 15 is 0 Å². The Bertz CT molecular complexity index is 386. The molecule has 0 bridgehead atoms. The Kier molecular flexibility index (Phi) is 5.05. The van der Waals surface area contributed by atoms with Crippen LogP contribution in [0.3, 0.4) is 0 Å². The zero-order chi connectivity index (χ0) is 12.1. The molecule has 0 spiro atoms. The Hall–Kier alpha value is -0.780. The van der Waals surface area contributed by atoms with Gasteiger partial charge in [-0.3, -0.25) is 10.1 Å². The molecule has 1 aromatic carbocycles. The van der Waals surface area contributed by atoms with Crippen LogP contribution in [0.2, 0.25) is 5.02 Å². The van der Waals surface area contributed by atoms with E-state index in [4.69, 9.17) is 16.7 Å². The highest BCUT2D eigenvalue weighted by Gasteiger charge is 2.12. The summed E-state index contributed by atoms with van der Waals surface area (Å²) in [6.45, 7) is 2.09. The first kappa shape index (κ1) is 13.3. The number of benzene rings is 1. The van der Waals surface area contributed by atoms with Crippen molar-refractivity contribution < 1.29 is 10.0 Å².